The van der Waals surface area contributed by atoms with Crippen LogP contribution in [0, 0.1) is 0 Å². The molecule has 0 heterocycles. The molecule has 0 bridgehead atoms. The van der Waals surface area contributed by atoms with Crippen molar-refractivity contribution in [2.75, 3.05) is 0 Å². The Morgan fingerprint density at radius 3 is 0.838 bits per heavy atom. The van der Waals surface area contributed by atoms with Crippen molar-refractivity contribution >= 4 is 11.8 Å². The molecule has 0 unspecified atom stereocenters. The van der Waals surface area contributed by atoms with Crippen LogP contribution >= 0.6 is 11.8 Å². The van der Waals surface area contributed by atoms with Gasteiger partial charge in [-0.1, -0.05) is 0 Å². The van der Waals surface area contributed by atoms with E-state index < -0.39 is 94.5 Å². The topological polar surface area (TPSA) is 0 Å². The van der Waals surface area contributed by atoms with Gasteiger partial charge in [-0.15, -0.1) is 11.8 Å². The van der Waals surface area contributed by atoms with E-state index >= 15 is 0 Å². The van der Waals surface area contributed by atoms with Gasteiger partial charge in [0.1, 0.15) is 0 Å². The van der Waals surface area contributed by atoms with Crippen LogP contribution in [0.5, 0.6) is 0 Å². The Bertz CT molecular complexity index is 797. The van der Waals surface area contributed by atoms with E-state index in [9.17, 15) is 96.6 Å². The number of alkyl halides is 20. The molecule has 0 atom stereocenters. The van der Waals surface area contributed by atoms with Crippen LogP contribution in [0.25, 0.3) is 0 Å². The number of halogens is 22. The third kappa shape index (κ3) is 5.28. The maximum Gasteiger partial charge on any atom is 0.385 e. The second-order valence-electron chi connectivity index (χ2n) is 6.36. The van der Waals surface area contributed by atoms with Crippen molar-refractivity contribution in [3.63, 3.8) is 0 Å². The van der Waals surface area contributed by atoms with Crippen LogP contribution in [0.15, 0.2) is 22.5 Å². The van der Waals surface area contributed by atoms with Crippen LogP contribution in [0.4, 0.5) is 96.6 Å². The molecule has 23 heteroatoms. The molecule has 0 aliphatic carbocycles. The second-order valence-corrected chi connectivity index (χ2v) is 7.10. The van der Waals surface area contributed by atoms with Crippen molar-refractivity contribution in [2.24, 2.45) is 0 Å². The Labute approximate surface area is 192 Å². The lowest BCUT2D eigenvalue weighted by Gasteiger charge is -2.35. The van der Waals surface area contributed by atoms with Gasteiger partial charge in [-0.2, -0.15) is 70.2 Å². The van der Waals surface area contributed by atoms with E-state index in [1.54, 1.807) is 0 Å². The molecule has 0 aliphatic heterocycles. The van der Waals surface area contributed by atoms with Crippen molar-refractivity contribution in [2.45, 2.75) is 60.2 Å². The van der Waals surface area contributed by atoms with Crippen LogP contribution in [0.2, 0.25) is 0 Å². The number of thioether (sulfide) groups is 1. The first-order valence-electron chi connectivity index (χ1n) is 7.90. The van der Waals surface area contributed by atoms with Crippen molar-refractivity contribution in [1.29, 1.82) is 0 Å². The minimum Gasteiger partial charge on any atom is -0.204 e. The summed E-state index contributed by atoms with van der Waals surface area (Å²) in [6, 6.07) is 0. The molecule has 0 radical (unpaired) electrons. The Morgan fingerprint density at radius 1 is 0.432 bits per heavy atom. The minimum atomic E-state index is -7.77. The molecule has 0 saturated heterocycles. The van der Waals surface area contributed by atoms with Crippen LogP contribution in [-0.4, -0.2) is 60.2 Å². The quantitative estimate of drug-likeness (QED) is 0.196. The van der Waals surface area contributed by atoms with Gasteiger partial charge in [0.15, 0.2) is 11.7 Å². The highest BCUT2D eigenvalue weighted by atomic mass is 32.2. The molecule has 0 aromatic rings. The molecule has 0 N–H and O–H groups in total. The average Bonchev–Trinajstić information content (AvgIpc) is 2.71. The molecule has 0 aliphatic rings. The molecule has 0 aromatic heterocycles. The fourth-order valence-corrected chi connectivity index (χ4v) is 2.29. The zero-order chi connectivity index (χ0) is 30.4. The summed E-state index contributed by atoms with van der Waals surface area (Å²) in [5.74, 6) is -68.4. The molecule has 0 fully saturated rings. The van der Waals surface area contributed by atoms with Crippen LogP contribution in [-0.2, 0) is 0 Å². The zero-order valence-electron chi connectivity index (χ0n) is 16.0. The fraction of sp³-hybridized carbons (Fsp3) is 0.714. The highest BCUT2D eigenvalue weighted by Gasteiger charge is 2.85. The van der Waals surface area contributed by atoms with Crippen molar-refractivity contribution in [3.8, 4) is 0 Å². The van der Waals surface area contributed by atoms with Gasteiger partial charge in [0.2, 0.25) is 0 Å². The van der Waals surface area contributed by atoms with Crippen molar-refractivity contribution in [3.05, 3.63) is 22.5 Å². The predicted octanol–water partition coefficient (Wildman–Crippen LogP) is 8.95. The van der Waals surface area contributed by atoms with Gasteiger partial charge >= 0.3 is 60.2 Å². The molecule has 220 valence electrons. The maximum atomic E-state index is 13.3. The van der Waals surface area contributed by atoms with Crippen molar-refractivity contribution < 1.29 is 96.6 Å². The van der Waals surface area contributed by atoms with Gasteiger partial charge in [-0.25, -0.2) is 26.3 Å². The summed E-state index contributed by atoms with van der Waals surface area (Å²) in [4.78, 5) is 0. The number of hydrogen-bond donors (Lipinski definition) is 0. The monoisotopic (exact) mass is 622 g/mol. The average molecular weight is 622 g/mol. The molecule has 0 rings (SSSR count). The molecule has 0 saturated carbocycles. The molecule has 0 spiro atoms. The molecule has 37 heavy (non-hydrogen) atoms. The van der Waals surface area contributed by atoms with Crippen molar-refractivity contribution in [1.82, 2.24) is 0 Å². The van der Waals surface area contributed by atoms with E-state index in [-0.39, 0.29) is 0 Å². The lowest BCUT2D eigenvalue weighted by atomic mass is 9.98. The Morgan fingerprint density at radius 2 is 0.649 bits per heavy atom. The molecule has 0 aromatic carbocycles. The Hall–Kier alpha value is -1.71. The standard InChI is InChI=1S/C14H4F22S/c15-3(7(21,22)11(29,30)13(33,34)9(25,26)5(17)18)1-37-2-4(16)8(23,24)12(31,32)14(35,36)10(27,28)6(19)20/h1-2,5-6H. The molecular weight excluding hydrogens is 618 g/mol. The minimum absolute atomic E-state index is 1.51. The Balaban J connectivity index is 6.26. The lowest BCUT2D eigenvalue weighted by Crippen LogP contribution is -2.64. The fourth-order valence-electron chi connectivity index (χ4n) is 1.69. The second kappa shape index (κ2) is 10.1. The SMILES string of the molecule is FC(=CSC=C(F)C(F)(F)C(F)(F)C(F)(F)C(F)(F)C(F)F)C(F)(F)C(F)(F)C(F)(F)C(F)(F)C(F)F. The third-order valence-corrected chi connectivity index (χ3v) is 4.59. The van der Waals surface area contributed by atoms with Crippen LogP contribution in [0.1, 0.15) is 0 Å². The third-order valence-electron chi connectivity index (χ3n) is 3.91. The van der Waals surface area contributed by atoms with Gasteiger partial charge in [0.05, 0.1) is 0 Å². The molecule has 0 amide bonds. The first kappa shape index (κ1) is 35.3. The van der Waals surface area contributed by atoms with E-state index in [0.29, 0.717) is 0 Å². The maximum absolute atomic E-state index is 13.3. The summed E-state index contributed by atoms with van der Waals surface area (Å²) in [6.45, 7) is 0. The molecule has 0 nitrogen and oxygen atoms in total. The summed E-state index contributed by atoms with van der Waals surface area (Å²) in [7, 11) is 0. The van der Waals surface area contributed by atoms with Gasteiger partial charge in [-0.05, 0) is 0 Å². The van der Waals surface area contributed by atoms with E-state index in [1.807, 2.05) is 0 Å². The Kier molecular flexibility index (Phi) is 9.65. The van der Waals surface area contributed by atoms with Crippen LogP contribution < -0.4 is 0 Å². The number of hydrogen-bond acceptors (Lipinski definition) is 1. The summed E-state index contributed by atoms with van der Waals surface area (Å²) in [5, 5.41) is -3.02. The van der Waals surface area contributed by atoms with E-state index in [0.717, 1.165) is 0 Å². The lowest BCUT2D eigenvalue weighted by molar-refractivity contribution is -0.378. The summed E-state index contributed by atoms with van der Waals surface area (Å²) < 4.78 is 282. The molecular formula is C14H4F22S. The summed E-state index contributed by atoms with van der Waals surface area (Å²) >= 11 is -1.66. The largest absolute Gasteiger partial charge is 0.385 e. The first-order valence-corrected chi connectivity index (χ1v) is 8.84. The van der Waals surface area contributed by atoms with Gasteiger partial charge in [0.25, 0.3) is 0 Å². The normalized spacial score (nSPS) is 16.8. The van der Waals surface area contributed by atoms with Gasteiger partial charge in [0, 0.05) is 10.8 Å². The first-order chi connectivity index (χ1) is 15.9. The van der Waals surface area contributed by atoms with Gasteiger partial charge in [-0.3, -0.25) is 0 Å². The zero-order valence-corrected chi connectivity index (χ0v) is 16.8. The summed E-state index contributed by atoms with van der Waals surface area (Å²) in [6.07, 6.45) is -11.5. The van der Waals surface area contributed by atoms with E-state index in [2.05, 4.69) is 0 Å². The number of rotatable bonds is 12. The highest BCUT2D eigenvalue weighted by molar-refractivity contribution is 8.04. The van der Waals surface area contributed by atoms with Crippen LogP contribution in [0.3, 0.4) is 0 Å². The number of allylic oxidation sites excluding steroid dienone is 2. The highest BCUT2D eigenvalue weighted by Crippen LogP contribution is 2.58. The summed E-state index contributed by atoms with van der Waals surface area (Å²) in [5.41, 5.74) is 0. The smallest absolute Gasteiger partial charge is 0.204 e. The predicted molar refractivity (Wildman–Crippen MR) is 77.6 cm³/mol. The van der Waals surface area contributed by atoms with Gasteiger partial charge < -0.3 is 0 Å². The van der Waals surface area contributed by atoms with E-state index in [1.165, 1.54) is 0 Å². The van der Waals surface area contributed by atoms with E-state index in [4.69, 9.17) is 0 Å².